The predicted molar refractivity (Wildman–Crippen MR) is 91.8 cm³/mol. The van der Waals surface area contributed by atoms with Gasteiger partial charge in [0.15, 0.2) is 0 Å². The van der Waals surface area contributed by atoms with Crippen molar-refractivity contribution in [1.82, 2.24) is 14.7 Å². The number of hydrogen-bond donors (Lipinski definition) is 0. The van der Waals surface area contributed by atoms with E-state index in [1.165, 1.54) is 0 Å². The Balaban J connectivity index is 1.49. The molecule has 1 aromatic carbocycles. The summed E-state index contributed by atoms with van der Waals surface area (Å²) in [5, 5.41) is 5.06. The van der Waals surface area contributed by atoms with Crippen LogP contribution >= 0.6 is 11.6 Å². The minimum absolute atomic E-state index is 0.198. The summed E-state index contributed by atoms with van der Waals surface area (Å²) >= 11 is 6.04. The second-order valence-electron chi connectivity index (χ2n) is 5.82. The van der Waals surface area contributed by atoms with Gasteiger partial charge < -0.3 is 9.80 Å². The molecule has 0 unspecified atom stereocenters. The van der Waals surface area contributed by atoms with E-state index >= 15 is 0 Å². The van der Waals surface area contributed by atoms with E-state index in [0.717, 1.165) is 42.6 Å². The number of rotatable bonds is 4. The summed E-state index contributed by atoms with van der Waals surface area (Å²) in [6, 6.07) is 9.82. The number of aryl methyl sites for hydroxylation is 2. The molecule has 0 atom stereocenters. The van der Waals surface area contributed by atoms with E-state index < -0.39 is 0 Å². The zero-order valence-electron chi connectivity index (χ0n) is 13.3. The van der Waals surface area contributed by atoms with Gasteiger partial charge in [0.05, 0.1) is 5.69 Å². The van der Waals surface area contributed by atoms with Gasteiger partial charge in [-0.25, -0.2) is 0 Å². The molecule has 3 rings (SSSR count). The molecule has 0 saturated carbocycles. The van der Waals surface area contributed by atoms with Gasteiger partial charge in [0, 0.05) is 56.1 Å². The van der Waals surface area contributed by atoms with E-state index in [1.807, 2.05) is 47.0 Å². The summed E-state index contributed by atoms with van der Waals surface area (Å²) in [6.45, 7) is 5.78. The van der Waals surface area contributed by atoms with E-state index in [1.54, 1.807) is 0 Å². The molecule has 1 amide bonds. The summed E-state index contributed by atoms with van der Waals surface area (Å²) in [6.07, 6.45) is 2.41. The lowest BCUT2D eigenvalue weighted by atomic mass is 10.2. The minimum Gasteiger partial charge on any atom is -0.368 e. The number of nitrogens with zero attached hydrogens (tertiary/aromatic N) is 4. The molecule has 6 heteroatoms. The van der Waals surface area contributed by atoms with Gasteiger partial charge in [0.25, 0.3) is 0 Å². The summed E-state index contributed by atoms with van der Waals surface area (Å²) in [5.74, 6) is 0.198. The topological polar surface area (TPSA) is 41.4 Å². The number of benzene rings is 1. The van der Waals surface area contributed by atoms with Crippen LogP contribution in [0.1, 0.15) is 12.1 Å². The molecular formula is C17H21ClN4O. The van der Waals surface area contributed by atoms with Gasteiger partial charge >= 0.3 is 0 Å². The van der Waals surface area contributed by atoms with Gasteiger partial charge in [0.2, 0.25) is 5.91 Å². The van der Waals surface area contributed by atoms with Crippen LogP contribution in [0.3, 0.4) is 0 Å². The number of amides is 1. The van der Waals surface area contributed by atoms with Crippen molar-refractivity contribution < 1.29 is 4.79 Å². The molecule has 122 valence electrons. The van der Waals surface area contributed by atoms with Gasteiger partial charge in [-0.3, -0.25) is 9.48 Å². The van der Waals surface area contributed by atoms with Crippen molar-refractivity contribution in [1.29, 1.82) is 0 Å². The highest BCUT2D eigenvalue weighted by molar-refractivity contribution is 6.30. The van der Waals surface area contributed by atoms with E-state index in [4.69, 9.17) is 11.6 Å². The molecule has 0 aliphatic carbocycles. The Morgan fingerprint density at radius 3 is 2.65 bits per heavy atom. The van der Waals surface area contributed by atoms with Crippen molar-refractivity contribution in [2.45, 2.75) is 19.9 Å². The zero-order chi connectivity index (χ0) is 16.2. The Hall–Kier alpha value is -2.01. The van der Waals surface area contributed by atoms with Crippen molar-refractivity contribution >= 4 is 23.2 Å². The first-order valence-corrected chi connectivity index (χ1v) is 8.28. The number of anilines is 1. The standard InChI is InChI=1S/C17H21ClN4O/c1-14-5-7-22(19-14)8-6-17(23)21-11-9-20(10-12-21)16-4-2-3-15(18)13-16/h2-5,7,13H,6,8-12H2,1H3. The molecule has 0 radical (unpaired) electrons. The first kappa shape index (κ1) is 15.9. The van der Waals surface area contributed by atoms with Crippen LogP contribution in [-0.4, -0.2) is 46.8 Å². The first-order valence-electron chi connectivity index (χ1n) is 7.90. The summed E-state index contributed by atoms with van der Waals surface area (Å²) in [4.78, 5) is 16.5. The van der Waals surface area contributed by atoms with E-state index in [0.29, 0.717) is 13.0 Å². The van der Waals surface area contributed by atoms with E-state index in [-0.39, 0.29) is 5.91 Å². The Kier molecular flexibility index (Phi) is 4.86. The van der Waals surface area contributed by atoms with E-state index in [9.17, 15) is 4.79 Å². The molecule has 2 aromatic rings. The van der Waals surface area contributed by atoms with Gasteiger partial charge in [-0.15, -0.1) is 0 Å². The first-order chi connectivity index (χ1) is 11.1. The number of halogens is 1. The fraction of sp³-hybridized carbons (Fsp3) is 0.412. The highest BCUT2D eigenvalue weighted by atomic mass is 35.5. The van der Waals surface area contributed by atoms with Crippen molar-refractivity contribution in [3.63, 3.8) is 0 Å². The maximum Gasteiger partial charge on any atom is 0.224 e. The molecule has 0 N–H and O–H groups in total. The Labute approximate surface area is 141 Å². The largest absolute Gasteiger partial charge is 0.368 e. The monoisotopic (exact) mass is 332 g/mol. The van der Waals surface area contributed by atoms with Crippen LogP contribution in [0.5, 0.6) is 0 Å². The molecule has 1 saturated heterocycles. The molecule has 1 aliphatic rings. The lowest BCUT2D eigenvalue weighted by Crippen LogP contribution is -2.49. The summed E-state index contributed by atoms with van der Waals surface area (Å²) in [7, 11) is 0. The second-order valence-corrected chi connectivity index (χ2v) is 6.25. The average molecular weight is 333 g/mol. The zero-order valence-corrected chi connectivity index (χ0v) is 14.0. The molecule has 1 fully saturated rings. The third kappa shape index (κ3) is 4.05. The number of carbonyl (C=O) groups is 1. The van der Waals surface area contributed by atoms with E-state index in [2.05, 4.69) is 16.1 Å². The molecule has 1 aliphatic heterocycles. The van der Waals surface area contributed by atoms with Gasteiger partial charge in [-0.2, -0.15) is 5.10 Å². The smallest absolute Gasteiger partial charge is 0.224 e. The Morgan fingerprint density at radius 1 is 1.22 bits per heavy atom. The highest BCUT2D eigenvalue weighted by Crippen LogP contribution is 2.20. The normalized spacial score (nSPS) is 15.0. The fourth-order valence-electron chi connectivity index (χ4n) is 2.84. The fourth-order valence-corrected chi connectivity index (χ4v) is 3.03. The lowest BCUT2D eigenvalue weighted by molar-refractivity contribution is -0.131. The summed E-state index contributed by atoms with van der Waals surface area (Å²) in [5.41, 5.74) is 2.10. The Morgan fingerprint density at radius 2 is 2.00 bits per heavy atom. The third-order valence-corrected chi connectivity index (χ3v) is 4.37. The Bertz CT molecular complexity index is 677. The average Bonchev–Trinajstić information content (AvgIpc) is 2.98. The molecule has 5 nitrogen and oxygen atoms in total. The maximum absolute atomic E-state index is 12.3. The highest BCUT2D eigenvalue weighted by Gasteiger charge is 2.21. The number of carbonyl (C=O) groups excluding carboxylic acids is 1. The van der Waals surface area contributed by atoms with Crippen LogP contribution in [0.25, 0.3) is 0 Å². The van der Waals surface area contributed by atoms with Gasteiger partial charge in [-0.05, 0) is 31.2 Å². The van der Waals surface area contributed by atoms with Crippen molar-refractivity contribution in [2.24, 2.45) is 0 Å². The predicted octanol–water partition coefficient (Wildman–Crippen LogP) is 2.58. The quantitative estimate of drug-likeness (QED) is 0.864. The van der Waals surface area contributed by atoms with Crippen molar-refractivity contribution in [2.75, 3.05) is 31.1 Å². The lowest BCUT2D eigenvalue weighted by Gasteiger charge is -2.36. The van der Waals surface area contributed by atoms with Crippen molar-refractivity contribution in [3.05, 3.63) is 47.2 Å². The summed E-state index contributed by atoms with van der Waals surface area (Å²) < 4.78 is 1.83. The number of piperazine rings is 1. The van der Waals surface area contributed by atoms with Gasteiger partial charge in [0.1, 0.15) is 0 Å². The molecule has 1 aromatic heterocycles. The van der Waals surface area contributed by atoms with Crippen LogP contribution in [0.2, 0.25) is 5.02 Å². The van der Waals surface area contributed by atoms with Crippen molar-refractivity contribution in [3.8, 4) is 0 Å². The molecule has 0 spiro atoms. The second kappa shape index (κ2) is 7.04. The van der Waals surface area contributed by atoms with Gasteiger partial charge in [-0.1, -0.05) is 17.7 Å². The van der Waals surface area contributed by atoms with Crippen LogP contribution in [-0.2, 0) is 11.3 Å². The van der Waals surface area contributed by atoms with Crippen LogP contribution in [0, 0.1) is 6.92 Å². The molecular weight excluding hydrogens is 312 g/mol. The van der Waals surface area contributed by atoms with Crippen LogP contribution in [0.4, 0.5) is 5.69 Å². The molecule has 0 bridgehead atoms. The minimum atomic E-state index is 0.198. The maximum atomic E-state index is 12.3. The number of aromatic nitrogens is 2. The number of hydrogen-bond acceptors (Lipinski definition) is 3. The molecule has 23 heavy (non-hydrogen) atoms. The van der Waals surface area contributed by atoms with Crippen LogP contribution in [0.15, 0.2) is 36.5 Å². The van der Waals surface area contributed by atoms with Crippen LogP contribution < -0.4 is 4.90 Å². The third-order valence-electron chi connectivity index (χ3n) is 4.13. The SMILES string of the molecule is Cc1ccn(CCC(=O)N2CCN(c3cccc(Cl)c3)CC2)n1. The molecule has 2 heterocycles.